The summed E-state index contributed by atoms with van der Waals surface area (Å²) in [5.74, 6) is -5.82. The molecule has 3 saturated heterocycles. The number of aliphatic hydroxyl groups is 4. The first kappa shape index (κ1) is 72.7. The molecule has 1 aromatic rings. The summed E-state index contributed by atoms with van der Waals surface area (Å²) in [5.41, 5.74) is 13.3. The zero-order valence-electron chi connectivity index (χ0n) is 58.4. The number of methoxy groups -OCH3 is 3. The zero-order valence-corrected chi connectivity index (χ0v) is 58.4. The summed E-state index contributed by atoms with van der Waals surface area (Å²) in [4.78, 5) is 81.9. The molecule has 7 heterocycles. The number of carbonyl (C=O) groups excluding carboxylic acids is 6. The maximum atomic E-state index is 14.0. The Morgan fingerprint density at radius 2 is 0.938 bits per heavy atom. The van der Waals surface area contributed by atoms with E-state index in [0.29, 0.717) is 18.5 Å². The topological polar surface area (TPSA) is 343 Å². The minimum atomic E-state index is -1.03. The molecule has 9 N–H and O–H groups in total. The number of aromatic nitrogens is 1. The van der Waals surface area contributed by atoms with Crippen LogP contribution in [0.4, 0.5) is 0 Å². The van der Waals surface area contributed by atoms with E-state index in [1.807, 2.05) is 91.8 Å². The van der Waals surface area contributed by atoms with E-state index in [-0.39, 0.29) is 119 Å². The van der Waals surface area contributed by atoms with Crippen LogP contribution in [0.1, 0.15) is 113 Å². The second-order valence-corrected chi connectivity index (χ2v) is 30.1. The number of cyclic esters (lactones) is 3. The summed E-state index contributed by atoms with van der Waals surface area (Å²) in [5, 5.41) is 42.2. The van der Waals surface area contributed by atoms with Gasteiger partial charge in [-0.3, -0.25) is 9.59 Å². The van der Waals surface area contributed by atoms with Crippen molar-refractivity contribution in [3.8, 4) is 0 Å². The highest BCUT2D eigenvalue weighted by Crippen LogP contribution is 2.63. The molecule has 97 heavy (non-hydrogen) atoms. The van der Waals surface area contributed by atoms with E-state index in [1.165, 1.54) is 21.3 Å². The van der Waals surface area contributed by atoms with E-state index in [1.54, 1.807) is 46.0 Å². The van der Waals surface area contributed by atoms with Crippen LogP contribution in [0, 0.1) is 88.8 Å². The molecule has 23 nitrogen and oxygen atoms in total. The molecule has 0 aromatic carbocycles. The minimum absolute atomic E-state index is 0.0292. The predicted octanol–water partition coefficient (Wildman–Crippen LogP) is 5.16. The van der Waals surface area contributed by atoms with Crippen molar-refractivity contribution in [1.82, 2.24) is 4.98 Å². The molecule has 1 aromatic heterocycles. The van der Waals surface area contributed by atoms with Crippen molar-refractivity contribution in [2.24, 2.45) is 100 Å². The first-order chi connectivity index (χ1) is 45.9. The van der Waals surface area contributed by atoms with E-state index in [9.17, 15) is 49.2 Å². The Hall–Kier alpha value is -5.54. The van der Waals surface area contributed by atoms with Crippen LogP contribution in [0.2, 0.25) is 0 Å². The molecular weight excluding hydrogens is 1250 g/mol. The number of aromatic amines is 1. The van der Waals surface area contributed by atoms with Gasteiger partial charge < -0.3 is 84.2 Å². The van der Waals surface area contributed by atoms with Crippen LogP contribution >= 0.6 is 0 Å². The number of H-pyrrole nitrogens is 1. The third kappa shape index (κ3) is 11.9. The second-order valence-electron chi connectivity index (χ2n) is 30.1. The number of nitrogens with two attached hydrogens (primary N) is 2. The Morgan fingerprint density at radius 1 is 0.557 bits per heavy atom. The van der Waals surface area contributed by atoms with Gasteiger partial charge in [0.2, 0.25) is 0 Å². The highest BCUT2D eigenvalue weighted by atomic mass is 16.6. The van der Waals surface area contributed by atoms with E-state index >= 15 is 0 Å². The fourth-order valence-corrected chi connectivity index (χ4v) is 19.5. The molecule has 12 aliphatic rings. The summed E-state index contributed by atoms with van der Waals surface area (Å²) < 4.78 is 59.8. The number of hydrogen-bond donors (Lipinski definition) is 7. The number of ether oxygens (including phenoxy) is 10. The van der Waals surface area contributed by atoms with Crippen molar-refractivity contribution < 1.29 is 96.6 Å². The Morgan fingerprint density at radius 3 is 1.36 bits per heavy atom. The molecule has 6 aliphatic carbocycles. The van der Waals surface area contributed by atoms with Crippen LogP contribution in [0.3, 0.4) is 0 Å². The van der Waals surface area contributed by atoms with Crippen molar-refractivity contribution in [1.29, 1.82) is 0 Å². The van der Waals surface area contributed by atoms with E-state index in [2.05, 4.69) is 23.2 Å². The van der Waals surface area contributed by atoms with Gasteiger partial charge in [-0.25, -0.2) is 19.2 Å². The number of nitrogens with one attached hydrogen (secondary N) is 1. The lowest BCUT2D eigenvalue weighted by Crippen LogP contribution is -2.58. The number of hydrogen-bond acceptors (Lipinski definition) is 22. The SMILES string of the molecule is CO[C@H]1C[C@H]2C=C[C@H]3[C@H]4O[C@]2(/C(C)=C/[C@@H](C)[C@@H]([C@@H](C)O)OC1=O)[C@@H]3C(=O)[C@@H](C)[C@@H]4N.CO[C@H]1C[C@H]2C=C[C@H]3[C@H]4O[C@]2(/C(C)=C/[C@@H](C)[C@@H]([C@@H](C)O)OC1=O)[C@@H]3C(=O)[C@@H](C)[C@H]4OC(=O)c1ccc[nH]1.CO[C@H]1C[C@H]2C=C[C@H]3[C@H]4O[C@]2(/C(C)=C/[C@@H](C)[C@@H]([C@@H](C)O)OC1=O)[C@@H]3[C@H](O)[C@@H](C)[C@@H]4N. The van der Waals surface area contributed by atoms with Crippen LogP contribution in [-0.4, -0.2) is 197 Å². The molecule has 0 unspecified atom stereocenters. The number of carbonyl (C=O) groups is 6. The van der Waals surface area contributed by atoms with Crippen LogP contribution in [0.25, 0.3) is 0 Å². The van der Waals surface area contributed by atoms with Crippen molar-refractivity contribution in [3.63, 3.8) is 0 Å². The lowest BCUT2D eigenvalue weighted by Gasteiger charge is -2.48. The molecular formula is C74H103N3O20. The number of ketones is 2. The van der Waals surface area contributed by atoms with Crippen LogP contribution in [0.5, 0.6) is 0 Å². The highest BCUT2D eigenvalue weighted by molar-refractivity contribution is 5.91. The number of rotatable bonds is 8. The molecule has 0 radical (unpaired) electrons. The molecule has 23 heteroatoms. The Labute approximate surface area is 568 Å². The fraction of sp³-hybridized carbons (Fsp3) is 0.703. The van der Waals surface area contributed by atoms with Gasteiger partial charge in [-0.2, -0.15) is 0 Å². The molecule has 534 valence electrons. The maximum Gasteiger partial charge on any atom is 0.355 e. The first-order valence-corrected chi connectivity index (χ1v) is 34.9. The van der Waals surface area contributed by atoms with Crippen molar-refractivity contribution >= 4 is 35.4 Å². The lowest BCUT2D eigenvalue weighted by molar-refractivity contribution is -0.172. The summed E-state index contributed by atoms with van der Waals surface area (Å²) in [6.07, 6.45) is 11.2. The van der Waals surface area contributed by atoms with Crippen LogP contribution < -0.4 is 11.5 Å². The van der Waals surface area contributed by atoms with Gasteiger partial charge in [0.1, 0.15) is 64.6 Å². The molecule has 0 amide bonds. The van der Waals surface area contributed by atoms with Crippen molar-refractivity contribution in [2.75, 3.05) is 21.3 Å². The van der Waals surface area contributed by atoms with Crippen LogP contribution in [-0.2, 0) is 71.3 Å². The quantitative estimate of drug-likeness (QED) is 0.100. The van der Waals surface area contributed by atoms with Gasteiger partial charge in [0, 0.05) is 111 Å². The standard InChI is InChI=1S/C28H35NO8.C23H35NO6.C23H33NO6/c1-13-11-14(2)28-17(12-20(34-5)27(33)35-23(13)16(4)30)8-9-18-21(28)22(31)15(3)24(25(18)37-28)36-26(32)19-7-6-10-29-19;2*1-10-8-11(2)23-14(9-16(28-5)22(27)29-20(10)13(4)25)6-7-15-17(23)19(26)12(3)18(24)21(15)30-23/h6-11,13,15-18,20-21,23-25,29-30H,12H2,1-5H3;6-8,10,12-21,25-26H,9,24H2,1-5H3;6-8,10,12-18,20-21,25H,9,24H2,1-5H3/b14-11+;2*11-8+/t13-,15-,16-,17-,18-,20+,21+,23+,24-,25-,28+;10-,12+,13-,14-,15-,16+,17+,18+,19-,20+,21-,23+;10-,12+,13-,14-,15-,16+,17+,18+,20+,21-,23+/m111/s1. The fourth-order valence-electron chi connectivity index (χ4n) is 19.5. The second kappa shape index (κ2) is 27.8. The average Bonchev–Trinajstić information content (AvgIpc) is 1.56. The Bertz CT molecular complexity index is 3340. The average molecular weight is 1350 g/mol. The van der Waals surface area contributed by atoms with Crippen molar-refractivity contribution in [3.05, 3.63) is 95.4 Å². The number of aliphatic hydroxyl groups excluding tert-OH is 4. The highest BCUT2D eigenvalue weighted by Gasteiger charge is 2.72. The summed E-state index contributed by atoms with van der Waals surface area (Å²) in [6.45, 7) is 22.1. The first-order valence-electron chi connectivity index (χ1n) is 34.9. The number of esters is 4. The third-order valence-corrected chi connectivity index (χ3v) is 24.5. The predicted molar refractivity (Wildman–Crippen MR) is 351 cm³/mol. The largest absolute Gasteiger partial charge is 0.457 e. The van der Waals surface area contributed by atoms with E-state index < -0.39 is 126 Å². The normalized spacial score (nSPS) is 48.8. The smallest absolute Gasteiger partial charge is 0.355 e. The zero-order chi connectivity index (χ0) is 70.6. The van der Waals surface area contributed by atoms with Gasteiger partial charge in [-0.05, 0) is 89.7 Å². The van der Waals surface area contributed by atoms with Gasteiger partial charge in [-0.15, -0.1) is 0 Å². The monoisotopic (exact) mass is 1350 g/mol. The Balaban J connectivity index is 0.000000149. The molecule has 12 bridgehead atoms. The minimum Gasteiger partial charge on any atom is -0.457 e. The maximum absolute atomic E-state index is 14.0. The third-order valence-electron chi connectivity index (χ3n) is 24.5. The molecule has 13 rings (SSSR count). The van der Waals surface area contributed by atoms with Gasteiger partial charge in [0.15, 0.2) is 18.3 Å². The van der Waals surface area contributed by atoms with E-state index in [4.69, 9.17) is 58.8 Å². The van der Waals surface area contributed by atoms with Gasteiger partial charge >= 0.3 is 23.9 Å². The van der Waals surface area contributed by atoms with Gasteiger partial charge in [0.25, 0.3) is 0 Å². The Kier molecular flexibility index (Phi) is 20.8. The molecule has 6 aliphatic heterocycles. The van der Waals surface area contributed by atoms with Gasteiger partial charge in [0.05, 0.1) is 54.4 Å². The molecule has 3 spiro atoms. The van der Waals surface area contributed by atoms with Crippen molar-refractivity contribution in [2.45, 2.75) is 217 Å². The number of Topliss-reactive ketones (excluding diaryl/α,β-unsaturated/α-hetero) is 2. The molecule has 6 fully saturated rings. The van der Waals surface area contributed by atoms with Gasteiger partial charge in [-0.1, -0.05) is 96.2 Å². The van der Waals surface area contributed by atoms with E-state index in [0.717, 1.165) is 16.7 Å². The summed E-state index contributed by atoms with van der Waals surface area (Å²) in [7, 11) is 4.41. The molecule has 3 saturated carbocycles. The van der Waals surface area contributed by atoms with Crippen LogP contribution in [0.15, 0.2) is 89.7 Å². The lowest BCUT2D eigenvalue weighted by atomic mass is 9.57. The molecule has 34 atom stereocenters. The summed E-state index contributed by atoms with van der Waals surface area (Å²) >= 11 is 0. The summed E-state index contributed by atoms with van der Waals surface area (Å²) in [6, 6.07) is 2.70.